The fourth-order valence-electron chi connectivity index (χ4n) is 2.96. The van der Waals surface area contributed by atoms with Crippen LogP contribution in [0, 0.1) is 5.92 Å². The monoisotopic (exact) mass is 328 g/mol. The Morgan fingerprint density at radius 1 is 1.43 bits per heavy atom. The van der Waals surface area contributed by atoms with Crippen molar-refractivity contribution >= 4 is 33.3 Å². The van der Waals surface area contributed by atoms with E-state index in [1.54, 1.807) is 23.5 Å². The highest BCUT2D eigenvalue weighted by Crippen LogP contribution is 2.39. The molecule has 0 spiro atoms. The van der Waals surface area contributed by atoms with Gasteiger partial charge in [0.2, 0.25) is 0 Å². The van der Waals surface area contributed by atoms with Gasteiger partial charge in [0, 0.05) is 4.88 Å². The summed E-state index contributed by atoms with van der Waals surface area (Å²) in [6.45, 7) is 2.28. The minimum atomic E-state index is -0.334. The third-order valence-corrected chi connectivity index (χ3v) is 5.29. The summed E-state index contributed by atoms with van der Waals surface area (Å²) in [6.07, 6.45) is 6.29. The first-order valence-electron chi connectivity index (χ1n) is 7.57. The lowest BCUT2D eigenvalue weighted by molar-refractivity contribution is 0.0935. The molecule has 3 heterocycles. The van der Waals surface area contributed by atoms with Gasteiger partial charge in [-0.2, -0.15) is 0 Å². The number of aromatic nitrogens is 2. The van der Waals surface area contributed by atoms with Crippen molar-refractivity contribution in [2.24, 2.45) is 5.92 Å². The van der Waals surface area contributed by atoms with Crippen LogP contribution in [0.25, 0.3) is 10.2 Å². The molecule has 0 aliphatic heterocycles. The Morgan fingerprint density at radius 3 is 3.17 bits per heavy atom. The Morgan fingerprint density at radius 2 is 2.35 bits per heavy atom. The van der Waals surface area contributed by atoms with E-state index in [1.807, 2.05) is 0 Å². The number of thiophene rings is 1. The van der Waals surface area contributed by atoms with Gasteiger partial charge in [0.1, 0.15) is 11.2 Å². The average Bonchev–Trinajstić information content (AvgIpc) is 3.19. The lowest BCUT2D eigenvalue weighted by Gasteiger charge is -2.18. The Hall–Kier alpha value is -2.41. The number of amides is 1. The van der Waals surface area contributed by atoms with Crippen molar-refractivity contribution in [3.05, 3.63) is 40.9 Å². The average molecular weight is 328 g/mol. The molecule has 1 amide bonds. The van der Waals surface area contributed by atoms with Crippen LogP contribution in [-0.2, 0) is 12.8 Å². The molecule has 4 rings (SSSR count). The number of aryl methyl sites for hydroxylation is 1. The van der Waals surface area contributed by atoms with Crippen LogP contribution in [0.15, 0.2) is 29.1 Å². The Balaban J connectivity index is 1.64. The summed E-state index contributed by atoms with van der Waals surface area (Å²) in [5, 5.41) is 1.03. The molecule has 0 aromatic carbocycles. The summed E-state index contributed by atoms with van der Waals surface area (Å²) in [5.41, 5.74) is 6.87. The zero-order valence-corrected chi connectivity index (χ0v) is 13.4. The summed E-state index contributed by atoms with van der Waals surface area (Å²) in [6, 6.07) is 3.29. The van der Waals surface area contributed by atoms with E-state index in [-0.39, 0.29) is 11.7 Å². The normalized spacial score (nSPS) is 17.0. The van der Waals surface area contributed by atoms with E-state index in [0.29, 0.717) is 11.7 Å². The molecule has 6 nitrogen and oxygen atoms in total. The van der Waals surface area contributed by atoms with Crippen molar-refractivity contribution < 1.29 is 9.21 Å². The van der Waals surface area contributed by atoms with Gasteiger partial charge in [-0.05, 0) is 42.9 Å². The Kier molecular flexibility index (Phi) is 3.49. The first kappa shape index (κ1) is 14.2. The standard InChI is InChI=1S/C16H16N4O2S/c1-9-4-5-10-12(7-9)23-16-13(10)14(17-8-18-16)19-20-15(21)11-3-2-6-22-11/h2-3,6,8-9H,4-5,7H2,1H3,(H,20,21)(H,17,18,19). The second-order valence-corrected chi connectivity index (χ2v) is 6.89. The topological polar surface area (TPSA) is 80.0 Å². The summed E-state index contributed by atoms with van der Waals surface area (Å²) < 4.78 is 5.08. The van der Waals surface area contributed by atoms with Gasteiger partial charge < -0.3 is 4.42 Å². The molecule has 23 heavy (non-hydrogen) atoms. The highest BCUT2D eigenvalue weighted by atomic mass is 32.1. The highest BCUT2D eigenvalue weighted by Gasteiger charge is 2.23. The lowest BCUT2D eigenvalue weighted by atomic mass is 9.89. The fraction of sp³-hybridized carbons (Fsp3) is 0.312. The minimum absolute atomic E-state index is 0.254. The van der Waals surface area contributed by atoms with Gasteiger partial charge in [0.25, 0.3) is 0 Å². The molecular formula is C16H16N4O2S. The molecule has 1 aliphatic rings. The predicted molar refractivity (Wildman–Crippen MR) is 88.4 cm³/mol. The van der Waals surface area contributed by atoms with Gasteiger partial charge in [-0.15, -0.1) is 11.3 Å². The summed E-state index contributed by atoms with van der Waals surface area (Å²) >= 11 is 1.73. The number of carbonyl (C=O) groups is 1. The van der Waals surface area contributed by atoms with E-state index in [0.717, 1.165) is 23.1 Å². The van der Waals surface area contributed by atoms with Crippen molar-refractivity contribution in [3.63, 3.8) is 0 Å². The van der Waals surface area contributed by atoms with E-state index < -0.39 is 0 Å². The molecule has 7 heteroatoms. The third-order valence-electron chi connectivity index (χ3n) is 4.13. The van der Waals surface area contributed by atoms with Crippen LogP contribution in [0.4, 0.5) is 5.82 Å². The lowest BCUT2D eigenvalue weighted by Crippen LogP contribution is -2.29. The Bertz CT molecular complexity index is 856. The van der Waals surface area contributed by atoms with E-state index >= 15 is 0 Å². The molecule has 0 radical (unpaired) electrons. The van der Waals surface area contributed by atoms with Gasteiger partial charge >= 0.3 is 5.91 Å². The first-order valence-corrected chi connectivity index (χ1v) is 8.39. The quantitative estimate of drug-likeness (QED) is 0.722. The molecular weight excluding hydrogens is 312 g/mol. The molecule has 118 valence electrons. The molecule has 3 aromatic rings. The zero-order valence-electron chi connectivity index (χ0n) is 12.6. The molecule has 0 fully saturated rings. The molecule has 0 saturated heterocycles. The van der Waals surface area contributed by atoms with Crippen LogP contribution >= 0.6 is 11.3 Å². The van der Waals surface area contributed by atoms with Crippen molar-refractivity contribution in [2.75, 3.05) is 5.43 Å². The number of nitrogens with one attached hydrogen (secondary N) is 2. The molecule has 1 aliphatic carbocycles. The molecule has 2 N–H and O–H groups in total. The second kappa shape index (κ2) is 5.66. The number of furan rings is 1. The minimum Gasteiger partial charge on any atom is -0.459 e. The first-order chi connectivity index (χ1) is 11.2. The van der Waals surface area contributed by atoms with Gasteiger partial charge in [-0.1, -0.05) is 6.92 Å². The molecule has 1 unspecified atom stereocenters. The van der Waals surface area contributed by atoms with Crippen LogP contribution in [0.2, 0.25) is 0 Å². The maximum atomic E-state index is 12.0. The number of hydrogen-bond acceptors (Lipinski definition) is 6. The van der Waals surface area contributed by atoms with Crippen molar-refractivity contribution in [2.45, 2.75) is 26.2 Å². The maximum absolute atomic E-state index is 12.0. The van der Waals surface area contributed by atoms with Crippen LogP contribution in [0.5, 0.6) is 0 Å². The van der Waals surface area contributed by atoms with E-state index in [1.165, 1.54) is 29.5 Å². The van der Waals surface area contributed by atoms with Crippen LogP contribution in [0.3, 0.4) is 0 Å². The van der Waals surface area contributed by atoms with Crippen LogP contribution in [-0.4, -0.2) is 15.9 Å². The summed E-state index contributed by atoms with van der Waals surface area (Å²) in [4.78, 5) is 23.0. The van der Waals surface area contributed by atoms with Gasteiger partial charge in [-0.25, -0.2) is 9.97 Å². The third kappa shape index (κ3) is 2.57. The number of anilines is 1. The number of rotatable bonds is 3. The largest absolute Gasteiger partial charge is 0.459 e. The van der Waals surface area contributed by atoms with Crippen molar-refractivity contribution in [1.82, 2.24) is 15.4 Å². The second-order valence-electron chi connectivity index (χ2n) is 5.81. The van der Waals surface area contributed by atoms with E-state index in [4.69, 9.17) is 4.42 Å². The summed E-state index contributed by atoms with van der Waals surface area (Å²) in [7, 11) is 0. The van der Waals surface area contributed by atoms with E-state index in [2.05, 4.69) is 27.7 Å². The summed E-state index contributed by atoms with van der Waals surface area (Å²) in [5.74, 6) is 1.27. The van der Waals surface area contributed by atoms with Crippen LogP contribution in [0.1, 0.15) is 34.3 Å². The number of hydrazine groups is 1. The predicted octanol–water partition coefficient (Wildman–Crippen LogP) is 3.17. The SMILES string of the molecule is CC1CCc2c(sc3ncnc(NNC(=O)c4ccco4)c23)C1. The van der Waals surface area contributed by atoms with Gasteiger partial charge in [-0.3, -0.25) is 15.6 Å². The van der Waals surface area contributed by atoms with Crippen molar-refractivity contribution in [3.8, 4) is 0 Å². The molecule has 0 bridgehead atoms. The smallest absolute Gasteiger partial charge is 0.305 e. The molecule has 1 atom stereocenters. The maximum Gasteiger partial charge on any atom is 0.305 e. The highest BCUT2D eigenvalue weighted by molar-refractivity contribution is 7.19. The van der Waals surface area contributed by atoms with E-state index in [9.17, 15) is 4.79 Å². The van der Waals surface area contributed by atoms with Crippen molar-refractivity contribution in [1.29, 1.82) is 0 Å². The van der Waals surface area contributed by atoms with Gasteiger partial charge in [0.05, 0.1) is 11.6 Å². The fourth-order valence-corrected chi connectivity index (χ4v) is 4.31. The molecule has 3 aromatic heterocycles. The van der Waals surface area contributed by atoms with Gasteiger partial charge in [0.15, 0.2) is 11.6 Å². The number of hydrogen-bond donors (Lipinski definition) is 2. The number of carbonyl (C=O) groups excluding carboxylic acids is 1. The zero-order chi connectivity index (χ0) is 15.8. The number of nitrogens with zero attached hydrogens (tertiary/aromatic N) is 2. The molecule has 0 saturated carbocycles. The van der Waals surface area contributed by atoms with Crippen LogP contribution < -0.4 is 10.9 Å². The Labute approximate surface area is 136 Å². The number of fused-ring (bicyclic) bond motifs is 3.